The Kier molecular flexibility index (Phi) is 6.67. The molecule has 9 heteroatoms. The first-order chi connectivity index (χ1) is 13.3. The third-order valence-corrected chi connectivity index (χ3v) is 7.58. The third kappa shape index (κ3) is 4.87. The molecule has 2 aliphatic rings. The fraction of sp³-hybridized carbons (Fsp3) is 0.632. The zero-order chi connectivity index (χ0) is 20.3. The van der Waals surface area contributed by atoms with Crippen LogP contribution >= 0.6 is 0 Å². The van der Waals surface area contributed by atoms with Crippen LogP contribution in [0.1, 0.15) is 32.6 Å². The topological polar surface area (TPSA) is 69.7 Å². The van der Waals surface area contributed by atoms with Gasteiger partial charge in [-0.05, 0) is 37.0 Å². The fourth-order valence-electron chi connectivity index (χ4n) is 3.93. The number of carbonyl (C=O) groups is 1. The summed E-state index contributed by atoms with van der Waals surface area (Å²) in [6, 6.07) is 2.61. The zero-order valence-corrected chi connectivity index (χ0v) is 16.9. The summed E-state index contributed by atoms with van der Waals surface area (Å²) in [6.07, 6.45) is 4.45. The van der Waals surface area contributed by atoms with E-state index in [0.717, 1.165) is 35.7 Å². The lowest BCUT2D eigenvalue weighted by atomic mass is 9.86. The molecule has 28 heavy (non-hydrogen) atoms. The third-order valence-electron chi connectivity index (χ3n) is 5.67. The lowest BCUT2D eigenvalue weighted by Gasteiger charge is -2.34. The first-order valence-electron chi connectivity index (χ1n) is 9.74. The Balaban J connectivity index is 1.54. The van der Waals surface area contributed by atoms with Crippen LogP contribution in [0.3, 0.4) is 0 Å². The summed E-state index contributed by atoms with van der Waals surface area (Å²) in [5, 5.41) is 3.09. The minimum absolute atomic E-state index is 0.0498. The number of carbonyl (C=O) groups excluding carboxylic acids is 1. The van der Waals surface area contributed by atoms with Crippen LogP contribution in [0.2, 0.25) is 0 Å². The van der Waals surface area contributed by atoms with Gasteiger partial charge in [-0.3, -0.25) is 9.69 Å². The summed E-state index contributed by atoms with van der Waals surface area (Å²) in [5.41, 5.74) is 0. The Morgan fingerprint density at radius 1 is 1.14 bits per heavy atom. The van der Waals surface area contributed by atoms with Crippen molar-refractivity contribution in [1.29, 1.82) is 0 Å². The minimum Gasteiger partial charge on any atom is -0.352 e. The van der Waals surface area contributed by atoms with Crippen LogP contribution in [0.5, 0.6) is 0 Å². The second-order valence-electron chi connectivity index (χ2n) is 7.69. The molecule has 0 radical (unpaired) electrons. The van der Waals surface area contributed by atoms with Crippen LogP contribution in [0, 0.1) is 17.6 Å². The van der Waals surface area contributed by atoms with Crippen molar-refractivity contribution in [3.63, 3.8) is 0 Å². The van der Waals surface area contributed by atoms with Gasteiger partial charge in [0.1, 0.15) is 16.5 Å². The molecule has 2 fully saturated rings. The molecule has 3 rings (SSSR count). The normalized spacial score (nSPS) is 24.8. The maximum atomic E-state index is 13.9. The van der Waals surface area contributed by atoms with Crippen molar-refractivity contribution < 1.29 is 22.0 Å². The van der Waals surface area contributed by atoms with E-state index in [1.54, 1.807) is 0 Å². The molecule has 1 aromatic carbocycles. The van der Waals surface area contributed by atoms with Crippen LogP contribution in [-0.4, -0.2) is 62.3 Å². The molecule has 1 saturated carbocycles. The van der Waals surface area contributed by atoms with Crippen molar-refractivity contribution in [2.75, 3.05) is 32.7 Å². The second kappa shape index (κ2) is 8.84. The van der Waals surface area contributed by atoms with Crippen LogP contribution in [-0.2, 0) is 14.8 Å². The first kappa shape index (κ1) is 21.1. The summed E-state index contributed by atoms with van der Waals surface area (Å²) >= 11 is 0. The van der Waals surface area contributed by atoms with E-state index in [1.807, 2.05) is 4.90 Å². The molecule has 1 aliphatic heterocycles. The van der Waals surface area contributed by atoms with Gasteiger partial charge in [-0.2, -0.15) is 4.31 Å². The highest BCUT2D eigenvalue weighted by molar-refractivity contribution is 7.89. The molecule has 6 nitrogen and oxygen atoms in total. The lowest BCUT2D eigenvalue weighted by Crippen LogP contribution is -2.52. The van der Waals surface area contributed by atoms with Gasteiger partial charge < -0.3 is 5.32 Å². The smallest absolute Gasteiger partial charge is 0.246 e. The van der Waals surface area contributed by atoms with Gasteiger partial charge in [0, 0.05) is 32.2 Å². The van der Waals surface area contributed by atoms with E-state index in [2.05, 4.69) is 12.2 Å². The molecule has 1 heterocycles. The van der Waals surface area contributed by atoms with E-state index in [9.17, 15) is 22.0 Å². The van der Waals surface area contributed by atoms with E-state index in [1.165, 1.54) is 6.42 Å². The Labute approximate surface area is 164 Å². The summed E-state index contributed by atoms with van der Waals surface area (Å²) in [4.78, 5) is 13.6. The highest BCUT2D eigenvalue weighted by Gasteiger charge is 2.32. The molecule has 1 amide bonds. The average Bonchev–Trinajstić information content (AvgIpc) is 2.66. The number of hydrogen-bond acceptors (Lipinski definition) is 4. The monoisotopic (exact) mass is 415 g/mol. The summed E-state index contributed by atoms with van der Waals surface area (Å²) in [5.74, 6) is -1.34. The number of nitrogens with one attached hydrogen (secondary N) is 1. The molecule has 1 N–H and O–H groups in total. The van der Waals surface area contributed by atoms with Gasteiger partial charge in [0.05, 0.1) is 6.54 Å². The number of benzene rings is 1. The molecule has 1 saturated heterocycles. The van der Waals surface area contributed by atoms with Gasteiger partial charge >= 0.3 is 0 Å². The average molecular weight is 416 g/mol. The van der Waals surface area contributed by atoms with Gasteiger partial charge in [0.25, 0.3) is 0 Å². The van der Waals surface area contributed by atoms with Gasteiger partial charge in [-0.25, -0.2) is 17.2 Å². The molecule has 2 atom stereocenters. The van der Waals surface area contributed by atoms with Crippen molar-refractivity contribution in [3.8, 4) is 0 Å². The number of sulfonamides is 1. The van der Waals surface area contributed by atoms with E-state index >= 15 is 0 Å². The lowest BCUT2D eigenvalue weighted by molar-refractivity contribution is -0.123. The van der Waals surface area contributed by atoms with E-state index < -0.39 is 26.6 Å². The molecular weight excluding hydrogens is 388 g/mol. The van der Waals surface area contributed by atoms with Crippen LogP contribution in [0.15, 0.2) is 23.1 Å². The number of piperazine rings is 1. The van der Waals surface area contributed by atoms with E-state index in [0.29, 0.717) is 25.1 Å². The number of halogens is 2. The molecule has 1 aliphatic carbocycles. The van der Waals surface area contributed by atoms with Gasteiger partial charge in [0.2, 0.25) is 15.9 Å². The maximum Gasteiger partial charge on any atom is 0.246 e. The minimum atomic E-state index is -4.11. The van der Waals surface area contributed by atoms with Crippen molar-refractivity contribution in [2.45, 2.75) is 43.5 Å². The second-order valence-corrected chi connectivity index (χ2v) is 9.60. The Morgan fingerprint density at radius 2 is 1.82 bits per heavy atom. The number of amides is 1. The highest BCUT2D eigenvalue weighted by atomic mass is 32.2. The van der Waals surface area contributed by atoms with Crippen LogP contribution in [0.4, 0.5) is 8.78 Å². The molecule has 0 spiro atoms. The molecule has 0 aromatic heterocycles. The number of rotatable bonds is 5. The maximum absolute atomic E-state index is 13.9. The van der Waals surface area contributed by atoms with E-state index in [-0.39, 0.29) is 31.6 Å². The summed E-state index contributed by atoms with van der Waals surface area (Å²) in [7, 11) is -4.11. The molecule has 156 valence electrons. The summed E-state index contributed by atoms with van der Waals surface area (Å²) < 4.78 is 53.6. The van der Waals surface area contributed by atoms with Crippen LogP contribution < -0.4 is 5.32 Å². The quantitative estimate of drug-likeness (QED) is 0.798. The number of nitrogens with zero attached hydrogens (tertiary/aromatic N) is 2. The predicted octanol–water partition coefficient (Wildman–Crippen LogP) is 1.97. The number of hydrogen-bond donors (Lipinski definition) is 1. The molecule has 2 unspecified atom stereocenters. The molecular formula is C19H27F2N3O3S. The van der Waals surface area contributed by atoms with Crippen molar-refractivity contribution >= 4 is 15.9 Å². The fourth-order valence-corrected chi connectivity index (χ4v) is 5.43. The van der Waals surface area contributed by atoms with Crippen molar-refractivity contribution in [3.05, 3.63) is 29.8 Å². The van der Waals surface area contributed by atoms with E-state index in [4.69, 9.17) is 0 Å². The molecule has 0 bridgehead atoms. The Hall–Kier alpha value is -1.58. The summed E-state index contributed by atoms with van der Waals surface area (Å²) in [6.45, 7) is 3.36. The van der Waals surface area contributed by atoms with Crippen molar-refractivity contribution in [1.82, 2.24) is 14.5 Å². The van der Waals surface area contributed by atoms with Crippen molar-refractivity contribution in [2.24, 2.45) is 5.92 Å². The SMILES string of the molecule is CC1CCCCC1NC(=O)CN1CCN(S(=O)(=O)c2cc(F)ccc2F)CC1. The van der Waals surface area contributed by atoms with Gasteiger partial charge in [-0.1, -0.05) is 19.8 Å². The Morgan fingerprint density at radius 3 is 2.50 bits per heavy atom. The van der Waals surface area contributed by atoms with Crippen LogP contribution in [0.25, 0.3) is 0 Å². The van der Waals surface area contributed by atoms with Gasteiger partial charge in [-0.15, -0.1) is 0 Å². The van der Waals surface area contributed by atoms with Gasteiger partial charge in [0.15, 0.2) is 0 Å². The standard InChI is InChI=1S/C19H27F2N3O3S/c1-14-4-2-3-5-17(14)22-19(25)13-23-8-10-24(11-9-23)28(26,27)18-12-15(20)6-7-16(18)21/h6-7,12,14,17H,2-5,8-11,13H2,1H3,(H,22,25). The first-order valence-corrected chi connectivity index (χ1v) is 11.2. The Bertz CT molecular complexity index is 811. The predicted molar refractivity (Wildman–Crippen MR) is 101 cm³/mol. The highest BCUT2D eigenvalue weighted by Crippen LogP contribution is 2.24. The largest absolute Gasteiger partial charge is 0.352 e. The molecule has 1 aromatic rings. The zero-order valence-electron chi connectivity index (χ0n) is 16.0.